The molecule has 0 saturated carbocycles. The second-order valence-electron chi connectivity index (χ2n) is 3.44. The minimum atomic E-state index is -0.296. The monoisotopic (exact) mass is 174 g/mol. The van der Waals surface area contributed by atoms with Crippen molar-refractivity contribution in [3.63, 3.8) is 0 Å². The number of hydrogen-bond donors (Lipinski definition) is 2. The molecular formula is C10H22O2. The molecule has 0 aliphatic carbocycles. The number of aliphatic hydroxyl groups excluding tert-OH is 2. The zero-order chi connectivity index (χ0) is 9.40. The summed E-state index contributed by atoms with van der Waals surface area (Å²) in [5, 5.41) is 18.6. The summed E-state index contributed by atoms with van der Waals surface area (Å²) in [5.74, 6) is 0.0987. The van der Waals surface area contributed by atoms with Gasteiger partial charge in [0.1, 0.15) is 0 Å². The Morgan fingerprint density at radius 2 is 1.75 bits per heavy atom. The van der Waals surface area contributed by atoms with E-state index in [-0.39, 0.29) is 18.6 Å². The van der Waals surface area contributed by atoms with Gasteiger partial charge in [0.05, 0.1) is 6.10 Å². The Balaban J connectivity index is 3.60. The predicted octanol–water partition coefficient (Wildman–Crippen LogP) is 1.95. The second kappa shape index (κ2) is 7.56. The van der Waals surface area contributed by atoms with Gasteiger partial charge >= 0.3 is 0 Å². The summed E-state index contributed by atoms with van der Waals surface area (Å²) in [7, 11) is 0. The zero-order valence-electron chi connectivity index (χ0n) is 8.29. The van der Waals surface area contributed by atoms with Crippen molar-refractivity contribution in [1.82, 2.24) is 0 Å². The minimum absolute atomic E-state index is 0.0987. The molecule has 2 atom stereocenters. The third kappa shape index (κ3) is 4.73. The number of unbranched alkanes of at least 4 members (excludes halogenated alkanes) is 1. The van der Waals surface area contributed by atoms with Gasteiger partial charge in [-0.2, -0.15) is 0 Å². The lowest BCUT2D eigenvalue weighted by Crippen LogP contribution is -2.23. The second-order valence-corrected chi connectivity index (χ2v) is 3.44. The van der Waals surface area contributed by atoms with Gasteiger partial charge in [-0.15, -0.1) is 0 Å². The molecule has 0 amide bonds. The first-order valence-corrected chi connectivity index (χ1v) is 5.05. The average Bonchev–Trinajstić information content (AvgIpc) is 2.10. The van der Waals surface area contributed by atoms with Gasteiger partial charge in [0.15, 0.2) is 0 Å². The van der Waals surface area contributed by atoms with E-state index in [1.165, 1.54) is 0 Å². The first-order valence-electron chi connectivity index (χ1n) is 5.05. The van der Waals surface area contributed by atoms with Crippen LogP contribution in [0.1, 0.15) is 46.0 Å². The quantitative estimate of drug-likeness (QED) is 0.619. The molecule has 0 aromatic carbocycles. The summed E-state index contributed by atoms with van der Waals surface area (Å²) in [6, 6.07) is 0. The van der Waals surface area contributed by atoms with E-state index in [1.807, 2.05) is 0 Å². The smallest absolute Gasteiger partial charge is 0.0590 e. The van der Waals surface area contributed by atoms with E-state index in [0.717, 1.165) is 32.1 Å². The van der Waals surface area contributed by atoms with Gasteiger partial charge < -0.3 is 10.2 Å². The Bertz CT molecular complexity index is 93.8. The zero-order valence-corrected chi connectivity index (χ0v) is 8.29. The molecule has 0 saturated heterocycles. The van der Waals surface area contributed by atoms with E-state index < -0.39 is 0 Å². The molecule has 0 fully saturated rings. The summed E-state index contributed by atoms with van der Waals surface area (Å²) in [6.07, 6.45) is 4.68. The van der Waals surface area contributed by atoms with Crippen LogP contribution in [0.3, 0.4) is 0 Å². The van der Waals surface area contributed by atoms with Crippen LogP contribution < -0.4 is 0 Å². The van der Waals surface area contributed by atoms with Gasteiger partial charge in [-0.25, -0.2) is 0 Å². The van der Waals surface area contributed by atoms with E-state index in [1.54, 1.807) is 0 Å². The van der Waals surface area contributed by atoms with Crippen molar-refractivity contribution >= 4 is 0 Å². The van der Waals surface area contributed by atoms with Gasteiger partial charge in [-0.3, -0.25) is 0 Å². The van der Waals surface area contributed by atoms with Crippen LogP contribution in [-0.4, -0.2) is 22.9 Å². The molecule has 0 radical (unpaired) electrons. The summed E-state index contributed by atoms with van der Waals surface area (Å²) in [5.41, 5.74) is 0. The largest absolute Gasteiger partial charge is 0.396 e. The molecule has 0 aromatic heterocycles. The predicted molar refractivity (Wildman–Crippen MR) is 51.0 cm³/mol. The Morgan fingerprint density at radius 3 is 2.17 bits per heavy atom. The van der Waals surface area contributed by atoms with Crippen LogP contribution >= 0.6 is 0 Å². The van der Waals surface area contributed by atoms with Crippen molar-refractivity contribution in [1.29, 1.82) is 0 Å². The lowest BCUT2D eigenvalue weighted by atomic mass is 9.94. The fourth-order valence-electron chi connectivity index (χ4n) is 1.43. The van der Waals surface area contributed by atoms with E-state index >= 15 is 0 Å². The van der Waals surface area contributed by atoms with Crippen LogP contribution in [0.15, 0.2) is 0 Å². The summed E-state index contributed by atoms with van der Waals surface area (Å²) < 4.78 is 0. The molecule has 0 bridgehead atoms. The lowest BCUT2D eigenvalue weighted by molar-refractivity contribution is 0.0543. The van der Waals surface area contributed by atoms with Crippen LogP contribution in [0.5, 0.6) is 0 Å². The Hall–Kier alpha value is -0.0800. The number of aliphatic hydroxyl groups is 2. The van der Waals surface area contributed by atoms with E-state index in [4.69, 9.17) is 5.11 Å². The molecule has 12 heavy (non-hydrogen) atoms. The number of hydrogen-bond acceptors (Lipinski definition) is 2. The molecule has 0 aromatic rings. The van der Waals surface area contributed by atoms with Crippen molar-refractivity contribution in [2.45, 2.75) is 52.1 Å². The van der Waals surface area contributed by atoms with Gasteiger partial charge in [0.25, 0.3) is 0 Å². The highest BCUT2D eigenvalue weighted by Crippen LogP contribution is 2.15. The molecule has 74 valence electrons. The summed E-state index contributed by atoms with van der Waals surface area (Å²) in [6.45, 7) is 4.31. The third-order valence-corrected chi connectivity index (χ3v) is 2.29. The van der Waals surface area contributed by atoms with Gasteiger partial charge in [-0.1, -0.05) is 33.1 Å². The maximum atomic E-state index is 9.61. The van der Waals surface area contributed by atoms with Gasteiger partial charge in [0, 0.05) is 12.5 Å². The van der Waals surface area contributed by atoms with Crippen molar-refractivity contribution in [3.8, 4) is 0 Å². The highest BCUT2D eigenvalue weighted by molar-refractivity contribution is 4.67. The van der Waals surface area contributed by atoms with Crippen LogP contribution in [0, 0.1) is 5.92 Å². The Kier molecular flexibility index (Phi) is 7.51. The van der Waals surface area contributed by atoms with Crippen molar-refractivity contribution in [2.75, 3.05) is 6.61 Å². The maximum Gasteiger partial charge on any atom is 0.0590 e. The van der Waals surface area contributed by atoms with Crippen LogP contribution in [0.25, 0.3) is 0 Å². The first kappa shape index (κ1) is 11.9. The third-order valence-electron chi connectivity index (χ3n) is 2.29. The summed E-state index contributed by atoms with van der Waals surface area (Å²) in [4.78, 5) is 0. The fraction of sp³-hybridized carbons (Fsp3) is 1.00. The fourth-order valence-corrected chi connectivity index (χ4v) is 1.43. The maximum absolute atomic E-state index is 9.61. The Labute approximate surface area is 75.6 Å². The molecular weight excluding hydrogens is 152 g/mol. The first-order chi connectivity index (χ1) is 5.76. The van der Waals surface area contributed by atoms with Crippen LogP contribution in [0.2, 0.25) is 0 Å². The lowest BCUT2D eigenvalue weighted by Gasteiger charge is -2.19. The van der Waals surface area contributed by atoms with Crippen molar-refractivity contribution in [2.24, 2.45) is 5.92 Å². The molecule has 2 N–H and O–H groups in total. The Morgan fingerprint density at radius 1 is 1.08 bits per heavy atom. The highest BCUT2D eigenvalue weighted by Gasteiger charge is 2.16. The van der Waals surface area contributed by atoms with Gasteiger partial charge in [0.2, 0.25) is 0 Å². The average molecular weight is 174 g/mol. The van der Waals surface area contributed by atoms with Crippen molar-refractivity contribution in [3.05, 3.63) is 0 Å². The van der Waals surface area contributed by atoms with E-state index in [2.05, 4.69) is 13.8 Å². The molecule has 0 aliphatic rings. The molecule has 0 heterocycles. The van der Waals surface area contributed by atoms with Gasteiger partial charge in [-0.05, 0) is 12.8 Å². The van der Waals surface area contributed by atoms with Crippen LogP contribution in [-0.2, 0) is 0 Å². The van der Waals surface area contributed by atoms with Crippen molar-refractivity contribution < 1.29 is 10.2 Å². The normalized spacial score (nSPS) is 16.0. The molecule has 0 rings (SSSR count). The molecule has 0 aliphatic heterocycles. The van der Waals surface area contributed by atoms with E-state index in [9.17, 15) is 5.11 Å². The topological polar surface area (TPSA) is 40.5 Å². The molecule has 0 spiro atoms. The summed E-state index contributed by atoms with van der Waals surface area (Å²) >= 11 is 0. The number of rotatable bonds is 7. The minimum Gasteiger partial charge on any atom is -0.396 e. The SMILES string of the molecule is CCCC[C@H](O)[C@H](CO)CCC. The molecule has 2 nitrogen and oxygen atoms in total. The molecule has 2 heteroatoms. The van der Waals surface area contributed by atoms with Crippen LogP contribution in [0.4, 0.5) is 0 Å². The molecule has 0 unspecified atom stereocenters. The van der Waals surface area contributed by atoms with E-state index in [0.29, 0.717) is 0 Å². The standard InChI is InChI=1S/C10H22O2/c1-3-5-7-10(12)9(8-11)6-4-2/h9-12H,3-8H2,1-2H3/t9-,10-/m0/s1. The highest BCUT2D eigenvalue weighted by atomic mass is 16.3.